The molecular formula is C24H23F3N4O4. The standard InChI is InChI=1S/C24H23F3N4O4/c1-13-21(14(2)31(29-13)12-24(25,26)27)18-11-28-30-6-3-16(9-19(18)30)20-10-17(23(32)33)22(35-20)15-4-7-34-8-5-15/h3,6,9-11,15H,4-5,7-8,12H2,1-2H3,(H,32,33). The molecule has 0 unspecified atom stereocenters. The van der Waals surface area contributed by atoms with E-state index >= 15 is 0 Å². The van der Waals surface area contributed by atoms with Crippen LogP contribution in [0.2, 0.25) is 0 Å². The van der Waals surface area contributed by atoms with Crippen LogP contribution in [0, 0.1) is 13.8 Å². The molecule has 0 saturated carbocycles. The zero-order valence-corrected chi connectivity index (χ0v) is 19.1. The van der Waals surface area contributed by atoms with Crippen molar-refractivity contribution in [3.63, 3.8) is 0 Å². The lowest BCUT2D eigenvalue weighted by atomic mass is 9.95. The van der Waals surface area contributed by atoms with Crippen LogP contribution in [-0.4, -0.2) is 49.9 Å². The van der Waals surface area contributed by atoms with E-state index in [1.165, 1.54) is 6.07 Å². The van der Waals surface area contributed by atoms with Crippen LogP contribution in [0.3, 0.4) is 0 Å². The van der Waals surface area contributed by atoms with Crippen molar-refractivity contribution in [1.82, 2.24) is 19.4 Å². The van der Waals surface area contributed by atoms with Gasteiger partial charge in [-0.3, -0.25) is 4.68 Å². The van der Waals surface area contributed by atoms with Gasteiger partial charge < -0.3 is 14.3 Å². The number of halogens is 3. The summed E-state index contributed by atoms with van der Waals surface area (Å²) in [5, 5.41) is 18.2. The minimum absolute atomic E-state index is 0.0392. The van der Waals surface area contributed by atoms with Crippen molar-refractivity contribution in [2.75, 3.05) is 13.2 Å². The van der Waals surface area contributed by atoms with Crippen LogP contribution in [0.25, 0.3) is 28.0 Å². The average Bonchev–Trinajstić information content (AvgIpc) is 3.49. The van der Waals surface area contributed by atoms with Gasteiger partial charge in [-0.2, -0.15) is 23.4 Å². The van der Waals surface area contributed by atoms with Gasteiger partial charge in [-0.15, -0.1) is 0 Å². The molecule has 0 bridgehead atoms. The number of furan rings is 1. The third-order valence-corrected chi connectivity index (χ3v) is 6.37. The number of nitrogens with zero attached hydrogens (tertiary/aromatic N) is 4. The predicted octanol–water partition coefficient (Wildman–Crippen LogP) is 5.23. The minimum atomic E-state index is -4.39. The van der Waals surface area contributed by atoms with Crippen molar-refractivity contribution >= 4 is 11.5 Å². The number of aromatic nitrogens is 4. The molecule has 4 aromatic rings. The minimum Gasteiger partial charge on any atom is -0.478 e. The molecule has 4 aromatic heterocycles. The largest absolute Gasteiger partial charge is 0.478 e. The smallest absolute Gasteiger partial charge is 0.408 e. The molecule has 0 radical (unpaired) electrons. The number of hydrogen-bond acceptors (Lipinski definition) is 5. The summed E-state index contributed by atoms with van der Waals surface area (Å²) in [6, 6.07) is 5.07. The van der Waals surface area contributed by atoms with Crippen LogP contribution >= 0.6 is 0 Å². The summed E-state index contributed by atoms with van der Waals surface area (Å²) < 4.78 is 53.0. The molecule has 8 nitrogen and oxygen atoms in total. The topological polar surface area (TPSA) is 94.8 Å². The first-order chi connectivity index (χ1) is 16.6. The molecule has 5 rings (SSSR count). The van der Waals surface area contributed by atoms with E-state index in [0.29, 0.717) is 71.2 Å². The van der Waals surface area contributed by atoms with Crippen molar-refractivity contribution in [3.05, 3.63) is 53.3 Å². The number of alkyl halides is 3. The van der Waals surface area contributed by atoms with Gasteiger partial charge in [-0.25, -0.2) is 9.31 Å². The molecule has 0 aromatic carbocycles. The Kier molecular flexibility index (Phi) is 5.66. The molecule has 0 amide bonds. The van der Waals surface area contributed by atoms with E-state index in [-0.39, 0.29) is 11.5 Å². The zero-order valence-electron chi connectivity index (χ0n) is 19.1. The van der Waals surface area contributed by atoms with E-state index in [2.05, 4.69) is 10.2 Å². The average molecular weight is 488 g/mol. The first-order valence-corrected chi connectivity index (χ1v) is 11.2. The number of hydrogen-bond donors (Lipinski definition) is 1. The number of carboxylic acid groups (broad SMARTS) is 1. The summed E-state index contributed by atoms with van der Waals surface area (Å²) in [4.78, 5) is 11.9. The van der Waals surface area contributed by atoms with Crippen LogP contribution in [-0.2, 0) is 11.3 Å². The van der Waals surface area contributed by atoms with E-state index in [1.807, 2.05) is 0 Å². The van der Waals surface area contributed by atoms with E-state index in [1.54, 1.807) is 42.9 Å². The highest BCUT2D eigenvalue weighted by molar-refractivity contribution is 5.91. The van der Waals surface area contributed by atoms with Gasteiger partial charge in [0, 0.05) is 47.7 Å². The summed E-state index contributed by atoms with van der Waals surface area (Å²) in [7, 11) is 0. The van der Waals surface area contributed by atoms with Gasteiger partial charge >= 0.3 is 12.1 Å². The Labute approximate surface area is 197 Å². The Morgan fingerprint density at radius 3 is 2.66 bits per heavy atom. The molecule has 1 aliphatic rings. The molecule has 35 heavy (non-hydrogen) atoms. The van der Waals surface area contributed by atoms with E-state index in [9.17, 15) is 23.1 Å². The SMILES string of the molecule is Cc1nn(CC(F)(F)F)c(C)c1-c1cnn2ccc(-c3cc(C(=O)O)c(C4CCOCC4)o3)cc12. The Morgan fingerprint density at radius 1 is 1.23 bits per heavy atom. The lowest BCUT2D eigenvalue weighted by Crippen LogP contribution is -2.19. The van der Waals surface area contributed by atoms with Crippen molar-refractivity contribution < 1.29 is 32.2 Å². The summed E-state index contributed by atoms with van der Waals surface area (Å²) in [5.41, 5.74) is 3.45. The number of pyridine rings is 1. The maximum Gasteiger partial charge on any atom is 0.408 e. The highest BCUT2D eigenvalue weighted by Gasteiger charge is 2.31. The second-order valence-corrected chi connectivity index (χ2v) is 8.70. The monoisotopic (exact) mass is 488 g/mol. The molecule has 5 heterocycles. The van der Waals surface area contributed by atoms with Crippen molar-refractivity contribution in [2.24, 2.45) is 0 Å². The quantitative estimate of drug-likeness (QED) is 0.414. The van der Waals surface area contributed by atoms with Crippen molar-refractivity contribution in [1.29, 1.82) is 0 Å². The van der Waals surface area contributed by atoms with Gasteiger partial charge in [0.2, 0.25) is 0 Å². The molecule has 1 fully saturated rings. The van der Waals surface area contributed by atoms with Gasteiger partial charge in [0.05, 0.1) is 17.4 Å². The number of fused-ring (bicyclic) bond motifs is 1. The Hall–Kier alpha value is -3.60. The predicted molar refractivity (Wildman–Crippen MR) is 119 cm³/mol. The van der Waals surface area contributed by atoms with Gasteiger partial charge in [-0.1, -0.05) is 0 Å². The first kappa shape index (κ1) is 23.2. The molecule has 184 valence electrons. The Bertz CT molecular complexity index is 1410. The third kappa shape index (κ3) is 4.31. The lowest BCUT2D eigenvalue weighted by Gasteiger charge is -2.20. The van der Waals surface area contributed by atoms with Crippen LogP contribution < -0.4 is 0 Å². The normalized spacial score (nSPS) is 15.2. The highest BCUT2D eigenvalue weighted by Crippen LogP contribution is 2.37. The van der Waals surface area contributed by atoms with E-state index in [0.717, 1.165) is 4.68 Å². The van der Waals surface area contributed by atoms with Gasteiger partial charge in [-0.05, 0) is 44.9 Å². The van der Waals surface area contributed by atoms with Gasteiger partial charge in [0.1, 0.15) is 23.6 Å². The molecule has 0 aliphatic carbocycles. The number of aromatic carboxylic acids is 1. The van der Waals surface area contributed by atoms with Crippen LogP contribution in [0.15, 0.2) is 35.0 Å². The van der Waals surface area contributed by atoms with E-state index in [4.69, 9.17) is 9.15 Å². The third-order valence-electron chi connectivity index (χ3n) is 6.37. The van der Waals surface area contributed by atoms with Crippen LogP contribution in [0.4, 0.5) is 13.2 Å². The lowest BCUT2D eigenvalue weighted by molar-refractivity contribution is -0.142. The second kappa shape index (κ2) is 8.56. The summed E-state index contributed by atoms with van der Waals surface area (Å²) in [6.45, 7) is 3.18. The summed E-state index contributed by atoms with van der Waals surface area (Å²) >= 11 is 0. The maximum absolute atomic E-state index is 13.0. The fraction of sp³-hybridized carbons (Fsp3) is 0.375. The second-order valence-electron chi connectivity index (χ2n) is 8.70. The number of aryl methyl sites for hydroxylation is 1. The number of carboxylic acids is 1. The number of ether oxygens (including phenoxy) is 1. The fourth-order valence-corrected chi connectivity index (χ4v) is 4.71. The van der Waals surface area contributed by atoms with Gasteiger partial charge in [0.15, 0.2) is 0 Å². The van der Waals surface area contributed by atoms with Crippen molar-refractivity contribution in [2.45, 2.75) is 45.3 Å². The highest BCUT2D eigenvalue weighted by atomic mass is 19.4. The molecule has 1 N–H and O–H groups in total. The molecule has 11 heteroatoms. The summed E-state index contributed by atoms with van der Waals surface area (Å²) in [6.07, 6.45) is 0.263. The maximum atomic E-state index is 13.0. The molecular weight excluding hydrogens is 465 g/mol. The fourth-order valence-electron chi connectivity index (χ4n) is 4.71. The number of carbonyl (C=O) groups is 1. The molecule has 1 aliphatic heterocycles. The molecule has 1 saturated heterocycles. The van der Waals surface area contributed by atoms with Crippen molar-refractivity contribution in [3.8, 4) is 22.5 Å². The zero-order chi connectivity index (χ0) is 24.9. The van der Waals surface area contributed by atoms with Crippen LogP contribution in [0.5, 0.6) is 0 Å². The summed E-state index contributed by atoms with van der Waals surface area (Å²) in [5.74, 6) is -0.261. The van der Waals surface area contributed by atoms with E-state index < -0.39 is 18.7 Å². The van der Waals surface area contributed by atoms with Crippen LogP contribution in [0.1, 0.15) is 46.3 Å². The first-order valence-electron chi connectivity index (χ1n) is 11.2. The van der Waals surface area contributed by atoms with Gasteiger partial charge in [0.25, 0.3) is 0 Å². The Balaban J connectivity index is 1.58. The number of rotatable bonds is 5. The molecule has 0 atom stereocenters. The Morgan fingerprint density at radius 2 is 1.97 bits per heavy atom. The molecule has 0 spiro atoms.